The summed E-state index contributed by atoms with van der Waals surface area (Å²) < 4.78 is 34.3. The molecule has 28 heavy (non-hydrogen) atoms. The molecule has 4 amide bonds. The number of nitrogens with one attached hydrogen (secondary N) is 2. The summed E-state index contributed by atoms with van der Waals surface area (Å²) in [6.07, 6.45) is 3.80. The number of carbonyl (C=O) groups is 3. The van der Waals surface area contributed by atoms with Gasteiger partial charge in [0.15, 0.2) is 11.5 Å². The molecule has 1 heterocycles. The van der Waals surface area contributed by atoms with E-state index in [0.29, 0.717) is 12.8 Å². The molecule has 1 saturated heterocycles. The van der Waals surface area contributed by atoms with Gasteiger partial charge in [-0.1, -0.05) is 19.3 Å². The number of ether oxygens (including phenoxy) is 2. The maximum absolute atomic E-state index is 12.7. The van der Waals surface area contributed by atoms with Crippen LogP contribution >= 0.6 is 0 Å². The number of carbonyl (C=O) groups excluding carboxylic acids is 3. The van der Waals surface area contributed by atoms with Crippen molar-refractivity contribution in [3.05, 3.63) is 18.2 Å². The van der Waals surface area contributed by atoms with Crippen molar-refractivity contribution in [3.8, 4) is 11.5 Å². The Balaban J connectivity index is 1.67. The zero-order valence-electron chi connectivity index (χ0n) is 15.3. The molecular weight excluding hydrogens is 376 g/mol. The lowest BCUT2D eigenvalue weighted by atomic mass is 9.82. The number of amides is 4. The van der Waals surface area contributed by atoms with Crippen molar-refractivity contribution in [1.82, 2.24) is 10.2 Å². The minimum Gasteiger partial charge on any atom is -0.493 e. The maximum Gasteiger partial charge on any atom is 0.387 e. The largest absolute Gasteiger partial charge is 0.493 e. The molecule has 1 aromatic carbocycles. The number of urea groups is 1. The van der Waals surface area contributed by atoms with E-state index in [1.165, 1.54) is 25.3 Å². The van der Waals surface area contributed by atoms with E-state index in [1.807, 2.05) is 0 Å². The SMILES string of the molecule is COc1ccc(NC(=O)CN2C(=O)NC3(CCCCC3)C2=O)cc1OC(F)F. The van der Waals surface area contributed by atoms with Crippen molar-refractivity contribution in [2.75, 3.05) is 19.0 Å². The summed E-state index contributed by atoms with van der Waals surface area (Å²) in [5, 5.41) is 5.19. The average Bonchev–Trinajstić information content (AvgIpc) is 2.86. The Morgan fingerprint density at radius 3 is 2.61 bits per heavy atom. The highest BCUT2D eigenvalue weighted by Crippen LogP contribution is 2.34. The van der Waals surface area contributed by atoms with Crippen molar-refractivity contribution in [1.29, 1.82) is 0 Å². The van der Waals surface area contributed by atoms with E-state index in [-0.39, 0.29) is 17.2 Å². The predicted octanol–water partition coefficient (Wildman–Crippen LogP) is 2.49. The molecule has 1 aromatic rings. The Morgan fingerprint density at radius 2 is 1.96 bits per heavy atom. The van der Waals surface area contributed by atoms with Crippen LogP contribution in [0.3, 0.4) is 0 Å². The lowest BCUT2D eigenvalue weighted by Crippen LogP contribution is -2.48. The van der Waals surface area contributed by atoms with Gasteiger partial charge in [0.2, 0.25) is 5.91 Å². The van der Waals surface area contributed by atoms with Gasteiger partial charge in [0.25, 0.3) is 5.91 Å². The molecule has 0 bridgehead atoms. The Bertz CT molecular complexity index is 780. The van der Waals surface area contributed by atoms with Gasteiger partial charge >= 0.3 is 12.6 Å². The van der Waals surface area contributed by atoms with Crippen LogP contribution in [0.1, 0.15) is 32.1 Å². The van der Waals surface area contributed by atoms with Crippen LogP contribution in [0, 0.1) is 0 Å². The zero-order chi connectivity index (χ0) is 20.3. The molecule has 0 atom stereocenters. The Morgan fingerprint density at radius 1 is 1.25 bits per heavy atom. The standard InChI is InChI=1S/C18H21F2N3O5/c1-27-12-6-5-11(9-13(12)28-16(19)20)21-14(24)10-23-15(25)18(22-17(23)26)7-3-2-4-8-18/h5-6,9,16H,2-4,7-8,10H2,1H3,(H,21,24)(H,22,26). The van der Waals surface area contributed by atoms with Crippen molar-refractivity contribution in [2.24, 2.45) is 0 Å². The number of nitrogens with zero attached hydrogens (tertiary/aromatic N) is 1. The highest BCUT2D eigenvalue weighted by atomic mass is 19.3. The molecule has 1 aliphatic heterocycles. The number of alkyl halides is 2. The van der Waals surface area contributed by atoms with Crippen molar-refractivity contribution in [3.63, 3.8) is 0 Å². The Kier molecular flexibility index (Phi) is 5.66. The number of halogens is 2. The molecule has 2 fully saturated rings. The maximum atomic E-state index is 12.7. The van der Waals surface area contributed by atoms with E-state index in [2.05, 4.69) is 15.4 Å². The highest BCUT2D eigenvalue weighted by molar-refractivity contribution is 6.10. The molecule has 1 saturated carbocycles. The summed E-state index contributed by atoms with van der Waals surface area (Å²) in [5.74, 6) is -1.20. The van der Waals surface area contributed by atoms with E-state index in [1.54, 1.807) is 0 Å². The second-order valence-corrected chi connectivity index (χ2v) is 6.76. The van der Waals surface area contributed by atoms with E-state index < -0.39 is 36.5 Å². The van der Waals surface area contributed by atoms with Crippen molar-refractivity contribution >= 4 is 23.5 Å². The first-order valence-corrected chi connectivity index (χ1v) is 8.91. The van der Waals surface area contributed by atoms with E-state index in [9.17, 15) is 23.2 Å². The second kappa shape index (κ2) is 7.99. The van der Waals surface area contributed by atoms with Crippen LogP contribution in [0.5, 0.6) is 11.5 Å². The normalized spacial score (nSPS) is 18.4. The van der Waals surface area contributed by atoms with Gasteiger partial charge in [0.05, 0.1) is 7.11 Å². The molecule has 1 aliphatic carbocycles. The van der Waals surface area contributed by atoms with Gasteiger partial charge in [-0.2, -0.15) is 8.78 Å². The minimum atomic E-state index is -3.06. The summed E-state index contributed by atoms with van der Waals surface area (Å²) in [7, 11) is 1.30. The Hall–Kier alpha value is -2.91. The first kappa shape index (κ1) is 19.8. The lowest BCUT2D eigenvalue weighted by Gasteiger charge is -2.30. The van der Waals surface area contributed by atoms with E-state index in [0.717, 1.165) is 24.2 Å². The molecule has 10 heteroatoms. The average molecular weight is 397 g/mol. The molecular formula is C18H21F2N3O5. The van der Waals surface area contributed by atoms with E-state index in [4.69, 9.17) is 4.74 Å². The summed E-state index contributed by atoms with van der Waals surface area (Å²) in [6, 6.07) is 3.37. The number of methoxy groups -OCH3 is 1. The molecule has 1 spiro atoms. The monoisotopic (exact) mass is 397 g/mol. The smallest absolute Gasteiger partial charge is 0.387 e. The molecule has 8 nitrogen and oxygen atoms in total. The van der Waals surface area contributed by atoms with Crippen LogP contribution in [0.2, 0.25) is 0 Å². The highest BCUT2D eigenvalue weighted by Gasteiger charge is 2.51. The number of anilines is 1. The van der Waals surface area contributed by atoms with Gasteiger partial charge in [0, 0.05) is 11.8 Å². The van der Waals surface area contributed by atoms with E-state index >= 15 is 0 Å². The van der Waals surface area contributed by atoms with Crippen molar-refractivity contribution < 1.29 is 32.6 Å². The molecule has 152 valence electrons. The number of benzene rings is 1. The lowest BCUT2D eigenvalue weighted by molar-refractivity contribution is -0.134. The zero-order valence-corrected chi connectivity index (χ0v) is 15.3. The number of imide groups is 1. The van der Waals surface area contributed by atoms with Crippen LogP contribution in [0.15, 0.2) is 18.2 Å². The summed E-state index contributed by atoms with van der Waals surface area (Å²) >= 11 is 0. The first-order valence-electron chi connectivity index (χ1n) is 8.91. The molecule has 3 rings (SSSR count). The Labute approximate surface area is 160 Å². The summed E-state index contributed by atoms with van der Waals surface area (Å²) in [6.45, 7) is -3.53. The fourth-order valence-electron chi connectivity index (χ4n) is 3.60. The van der Waals surface area contributed by atoms with Gasteiger partial charge in [-0.25, -0.2) is 4.79 Å². The minimum absolute atomic E-state index is 0.0756. The topological polar surface area (TPSA) is 97.0 Å². The molecule has 0 unspecified atom stereocenters. The molecule has 2 N–H and O–H groups in total. The van der Waals surface area contributed by atoms with Crippen LogP contribution in [-0.2, 0) is 9.59 Å². The van der Waals surface area contributed by atoms with Gasteiger partial charge in [0.1, 0.15) is 12.1 Å². The number of hydrogen-bond donors (Lipinski definition) is 2. The van der Waals surface area contributed by atoms with Crippen LogP contribution in [0.4, 0.5) is 19.3 Å². The third kappa shape index (κ3) is 4.00. The third-order valence-electron chi connectivity index (χ3n) is 4.92. The summed E-state index contributed by atoms with van der Waals surface area (Å²) in [5.41, 5.74) is -0.741. The number of rotatable bonds is 6. The van der Waals surface area contributed by atoms with Gasteiger partial charge in [-0.15, -0.1) is 0 Å². The van der Waals surface area contributed by atoms with Crippen LogP contribution in [0.25, 0.3) is 0 Å². The molecule has 2 aliphatic rings. The van der Waals surface area contributed by atoms with Crippen LogP contribution < -0.4 is 20.1 Å². The molecule has 0 radical (unpaired) electrons. The van der Waals surface area contributed by atoms with Gasteiger partial charge in [-0.05, 0) is 25.0 Å². The van der Waals surface area contributed by atoms with Crippen LogP contribution in [-0.4, -0.2) is 48.6 Å². The summed E-state index contributed by atoms with van der Waals surface area (Å²) in [4.78, 5) is 38.1. The fourth-order valence-corrected chi connectivity index (χ4v) is 3.60. The number of hydrogen-bond acceptors (Lipinski definition) is 5. The second-order valence-electron chi connectivity index (χ2n) is 6.76. The fraction of sp³-hybridized carbons (Fsp3) is 0.500. The predicted molar refractivity (Wildman–Crippen MR) is 94.3 cm³/mol. The van der Waals surface area contributed by atoms with Gasteiger partial charge in [-0.3, -0.25) is 14.5 Å². The van der Waals surface area contributed by atoms with Gasteiger partial charge < -0.3 is 20.1 Å². The first-order chi connectivity index (χ1) is 13.3. The third-order valence-corrected chi connectivity index (χ3v) is 4.92. The van der Waals surface area contributed by atoms with Crippen molar-refractivity contribution in [2.45, 2.75) is 44.3 Å². The molecule has 0 aromatic heterocycles. The quantitative estimate of drug-likeness (QED) is 0.719.